The van der Waals surface area contributed by atoms with E-state index in [4.69, 9.17) is 21.6 Å². The Morgan fingerprint density at radius 3 is 2.81 bits per heavy atom. The molecule has 1 fully saturated rings. The topological polar surface area (TPSA) is 33.0 Å². The smallest absolute Gasteiger partial charge is 0.121 e. The molecule has 1 aromatic rings. The van der Waals surface area contributed by atoms with Crippen molar-refractivity contribution in [3.63, 3.8) is 0 Å². The Morgan fingerprint density at radius 1 is 1.44 bits per heavy atom. The molecule has 0 saturated heterocycles. The highest BCUT2D eigenvalue weighted by Crippen LogP contribution is 2.30. The molecule has 0 N–H and O–H groups in total. The molecule has 0 aliphatic heterocycles. The Kier molecular flexibility index (Phi) is 3.36. The fourth-order valence-corrected chi connectivity index (χ4v) is 2.33. The van der Waals surface area contributed by atoms with E-state index in [1.807, 2.05) is 12.1 Å². The van der Waals surface area contributed by atoms with Crippen molar-refractivity contribution in [2.24, 2.45) is 5.92 Å². The summed E-state index contributed by atoms with van der Waals surface area (Å²) in [5, 5.41) is 9.22. The van der Waals surface area contributed by atoms with Crippen molar-refractivity contribution in [1.82, 2.24) is 0 Å². The molecule has 0 amide bonds. The van der Waals surface area contributed by atoms with Crippen LogP contribution in [0.25, 0.3) is 0 Å². The zero-order valence-electron chi connectivity index (χ0n) is 9.24. The molecule has 1 aliphatic rings. The lowest BCUT2D eigenvalue weighted by atomic mass is 10.1. The van der Waals surface area contributed by atoms with Gasteiger partial charge in [0.25, 0.3) is 0 Å². The fourth-order valence-electron chi connectivity index (χ4n) is 2.12. The van der Waals surface area contributed by atoms with Gasteiger partial charge in [-0.1, -0.05) is 18.5 Å². The second kappa shape index (κ2) is 4.76. The third-order valence-electron chi connectivity index (χ3n) is 3.13. The first kappa shape index (κ1) is 11.3. The second-order valence-corrected chi connectivity index (χ2v) is 4.73. The van der Waals surface area contributed by atoms with E-state index in [1.165, 1.54) is 12.8 Å². The molecule has 2 atom stereocenters. The highest BCUT2D eigenvalue weighted by atomic mass is 35.5. The van der Waals surface area contributed by atoms with E-state index < -0.39 is 0 Å². The summed E-state index contributed by atoms with van der Waals surface area (Å²) in [4.78, 5) is 0. The van der Waals surface area contributed by atoms with Gasteiger partial charge >= 0.3 is 0 Å². The maximum absolute atomic E-state index is 8.76. The summed E-state index contributed by atoms with van der Waals surface area (Å²) in [6.07, 6.45) is 3.87. The molecule has 0 bridgehead atoms. The van der Waals surface area contributed by atoms with Gasteiger partial charge in [-0.3, -0.25) is 0 Å². The Bertz CT molecular complexity index is 424. The predicted molar refractivity (Wildman–Crippen MR) is 63.6 cm³/mol. The third-order valence-corrected chi connectivity index (χ3v) is 3.44. The third kappa shape index (κ3) is 2.31. The van der Waals surface area contributed by atoms with Gasteiger partial charge in [0, 0.05) is 6.07 Å². The van der Waals surface area contributed by atoms with Gasteiger partial charge in [-0.05, 0) is 37.3 Å². The summed E-state index contributed by atoms with van der Waals surface area (Å²) in [5.74, 6) is 1.37. The highest BCUT2D eigenvalue weighted by molar-refractivity contribution is 6.31. The van der Waals surface area contributed by atoms with Crippen LogP contribution >= 0.6 is 11.6 Å². The van der Waals surface area contributed by atoms with Gasteiger partial charge in [0.1, 0.15) is 17.9 Å². The molecule has 0 spiro atoms. The molecule has 0 heterocycles. The molecule has 16 heavy (non-hydrogen) atoms. The zero-order valence-corrected chi connectivity index (χ0v) is 10.00. The average Bonchev–Trinajstić information content (AvgIpc) is 2.65. The minimum absolute atomic E-state index is 0.295. The maximum atomic E-state index is 8.76. The molecule has 84 valence electrons. The average molecular weight is 236 g/mol. The van der Waals surface area contributed by atoms with Crippen LogP contribution in [0.2, 0.25) is 5.02 Å². The number of hydrogen-bond acceptors (Lipinski definition) is 2. The standard InChI is InChI=1S/C13H14ClNO/c1-9-3-2-4-13(9)16-11-6-5-10(8-15)12(14)7-11/h5-7,9,13H,2-4H2,1H3/t9-,13-/m0/s1. The molecule has 2 nitrogen and oxygen atoms in total. The van der Waals surface area contributed by atoms with Gasteiger partial charge in [0.05, 0.1) is 10.6 Å². The summed E-state index contributed by atoms with van der Waals surface area (Å²) in [7, 11) is 0. The first-order chi connectivity index (χ1) is 7.70. The first-order valence-electron chi connectivity index (χ1n) is 5.57. The first-order valence-corrected chi connectivity index (χ1v) is 5.95. The van der Waals surface area contributed by atoms with Crippen LogP contribution in [0, 0.1) is 17.2 Å². The molecule has 1 aromatic carbocycles. The van der Waals surface area contributed by atoms with Gasteiger partial charge in [0.2, 0.25) is 0 Å². The summed E-state index contributed by atoms with van der Waals surface area (Å²) in [6.45, 7) is 2.21. The van der Waals surface area contributed by atoms with E-state index >= 15 is 0 Å². The van der Waals surface area contributed by atoms with Gasteiger partial charge in [-0.15, -0.1) is 0 Å². The van der Waals surface area contributed by atoms with Crippen LogP contribution in [0.5, 0.6) is 5.75 Å². The molecule has 0 radical (unpaired) electrons. The normalized spacial score (nSPS) is 24.1. The van der Waals surface area contributed by atoms with Crippen LogP contribution in [0.1, 0.15) is 31.7 Å². The van der Waals surface area contributed by atoms with Crippen molar-refractivity contribution in [1.29, 1.82) is 5.26 Å². The van der Waals surface area contributed by atoms with Crippen molar-refractivity contribution >= 4 is 11.6 Å². The predicted octanol–water partition coefficient (Wildman–Crippen LogP) is 3.78. The van der Waals surface area contributed by atoms with E-state index in [0.29, 0.717) is 22.6 Å². The number of ether oxygens (including phenoxy) is 1. The second-order valence-electron chi connectivity index (χ2n) is 4.32. The number of halogens is 1. The van der Waals surface area contributed by atoms with Crippen LogP contribution in [0.15, 0.2) is 18.2 Å². The Balaban J connectivity index is 2.11. The zero-order chi connectivity index (χ0) is 11.5. The van der Waals surface area contributed by atoms with Crippen LogP contribution in [-0.2, 0) is 0 Å². The number of benzene rings is 1. The van der Waals surface area contributed by atoms with Crippen molar-refractivity contribution < 1.29 is 4.74 Å². The van der Waals surface area contributed by atoms with Crippen LogP contribution in [0.4, 0.5) is 0 Å². The van der Waals surface area contributed by atoms with Crippen molar-refractivity contribution in [3.05, 3.63) is 28.8 Å². The molecule has 2 rings (SSSR count). The summed E-state index contributed by atoms with van der Waals surface area (Å²) < 4.78 is 5.87. The minimum Gasteiger partial charge on any atom is -0.490 e. The van der Waals surface area contributed by atoms with Crippen molar-refractivity contribution in [2.45, 2.75) is 32.3 Å². The molecule has 0 unspecified atom stereocenters. The Labute approximate surface area is 101 Å². The largest absolute Gasteiger partial charge is 0.490 e. The SMILES string of the molecule is C[C@H]1CCC[C@@H]1Oc1ccc(C#N)c(Cl)c1. The van der Waals surface area contributed by atoms with Gasteiger partial charge in [0.15, 0.2) is 0 Å². The molecule has 0 aromatic heterocycles. The van der Waals surface area contributed by atoms with Crippen molar-refractivity contribution in [3.8, 4) is 11.8 Å². The monoisotopic (exact) mass is 235 g/mol. The van der Waals surface area contributed by atoms with E-state index in [2.05, 4.69) is 6.92 Å². The van der Waals surface area contributed by atoms with Crippen LogP contribution in [0.3, 0.4) is 0 Å². The molecular weight excluding hydrogens is 222 g/mol. The minimum atomic E-state index is 0.295. The lowest BCUT2D eigenvalue weighted by molar-refractivity contribution is 0.167. The van der Waals surface area contributed by atoms with Crippen LogP contribution in [-0.4, -0.2) is 6.10 Å². The van der Waals surface area contributed by atoms with E-state index in [0.717, 1.165) is 12.2 Å². The summed E-state index contributed by atoms with van der Waals surface area (Å²) in [5.41, 5.74) is 0.494. The summed E-state index contributed by atoms with van der Waals surface area (Å²) >= 11 is 5.95. The van der Waals surface area contributed by atoms with E-state index in [-0.39, 0.29) is 0 Å². The molecule has 3 heteroatoms. The Morgan fingerprint density at radius 2 is 2.25 bits per heavy atom. The summed E-state index contributed by atoms with van der Waals surface area (Å²) in [6, 6.07) is 7.29. The van der Waals surface area contributed by atoms with E-state index in [9.17, 15) is 0 Å². The number of rotatable bonds is 2. The molecular formula is C13H14ClNO. The van der Waals surface area contributed by atoms with Gasteiger partial charge in [-0.25, -0.2) is 0 Å². The Hall–Kier alpha value is -1.20. The van der Waals surface area contributed by atoms with Crippen LogP contribution < -0.4 is 4.74 Å². The lowest BCUT2D eigenvalue weighted by Gasteiger charge is -2.18. The number of nitrogens with zero attached hydrogens (tertiary/aromatic N) is 1. The lowest BCUT2D eigenvalue weighted by Crippen LogP contribution is -2.18. The highest BCUT2D eigenvalue weighted by Gasteiger charge is 2.25. The molecule has 1 saturated carbocycles. The quantitative estimate of drug-likeness (QED) is 0.782. The van der Waals surface area contributed by atoms with Crippen molar-refractivity contribution in [2.75, 3.05) is 0 Å². The van der Waals surface area contributed by atoms with Gasteiger partial charge in [-0.2, -0.15) is 5.26 Å². The maximum Gasteiger partial charge on any atom is 0.121 e. The van der Waals surface area contributed by atoms with Gasteiger partial charge < -0.3 is 4.74 Å². The number of nitriles is 1. The number of hydrogen-bond donors (Lipinski definition) is 0. The molecule has 1 aliphatic carbocycles. The van der Waals surface area contributed by atoms with E-state index in [1.54, 1.807) is 12.1 Å². The fraction of sp³-hybridized carbons (Fsp3) is 0.462.